The van der Waals surface area contributed by atoms with Crippen LogP contribution in [0.15, 0.2) is 16.2 Å². The molecule has 1 amide bonds. The average molecular weight is 260 g/mol. The van der Waals surface area contributed by atoms with Gasteiger partial charge in [0.15, 0.2) is 0 Å². The number of fused-ring (bicyclic) bond motifs is 2. The van der Waals surface area contributed by atoms with E-state index in [0.29, 0.717) is 29.1 Å². The maximum atomic E-state index is 12.8. The molecule has 19 heavy (non-hydrogen) atoms. The molecule has 0 radical (unpaired) electrons. The Kier molecular flexibility index (Phi) is 2.96. The number of aromatic nitrogens is 1. The molecule has 2 atom stereocenters. The average Bonchev–Trinajstić information content (AvgIpc) is 2.86. The van der Waals surface area contributed by atoms with Crippen LogP contribution in [0.2, 0.25) is 0 Å². The van der Waals surface area contributed by atoms with Crippen molar-refractivity contribution in [3.8, 4) is 0 Å². The number of nitrogens with zero attached hydrogens (tertiary/aromatic N) is 2. The smallest absolute Gasteiger partial charge is 0.259 e. The third-order valence-electron chi connectivity index (χ3n) is 4.51. The minimum absolute atomic E-state index is 0.110. The van der Waals surface area contributed by atoms with Gasteiger partial charge in [0, 0.05) is 12.1 Å². The molecule has 4 heteroatoms. The van der Waals surface area contributed by atoms with Gasteiger partial charge in [-0.05, 0) is 46.5 Å². The van der Waals surface area contributed by atoms with Crippen molar-refractivity contribution in [2.75, 3.05) is 0 Å². The maximum Gasteiger partial charge on any atom is 0.259 e. The first-order chi connectivity index (χ1) is 9.11. The molecule has 3 heterocycles. The number of amides is 1. The van der Waals surface area contributed by atoms with Gasteiger partial charge in [-0.3, -0.25) is 4.79 Å². The van der Waals surface area contributed by atoms with Gasteiger partial charge in [-0.15, -0.1) is 0 Å². The summed E-state index contributed by atoms with van der Waals surface area (Å²) < 4.78 is 5.13. The molecule has 2 fully saturated rings. The molecule has 2 unspecified atom stereocenters. The highest BCUT2D eigenvalue weighted by molar-refractivity contribution is 5.96. The monoisotopic (exact) mass is 260 g/mol. The Morgan fingerprint density at radius 1 is 1.32 bits per heavy atom. The maximum absolute atomic E-state index is 12.8. The fourth-order valence-corrected chi connectivity index (χ4v) is 3.54. The largest absolute Gasteiger partial charge is 0.361 e. The van der Waals surface area contributed by atoms with E-state index in [1.54, 1.807) is 0 Å². The molecular weight excluding hydrogens is 240 g/mol. The lowest BCUT2D eigenvalue weighted by Crippen LogP contribution is -2.45. The molecule has 0 saturated carbocycles. The summed E-state index contributed by atoms with van der Waals surface area (Å²) in [7, 11) is 0. The number of rotatable bonds is 1. The first-order valence-electron chi connectivity index (χ1n) is 7.01. The zero-order valence-electron chi connectivity index (χ0n) is 11.8. The van der Waals surface area contributed by atoms with E-state index >= 15 is 0 Å². The Morgan fingerprint density at radius 3 is 2.42 bits per heavy atom. The summed E-state index contributed by atoms with van der Waals surface area (Å²) >= 11 is 0. The lowest BCUT2D eigenvalue weighted by Gasteiger charge is -2.36. The summed E-state index contributed by atoms with van der Waals surface area (Å²) in [4.78, 5) is 14.8. The number of carbonyl (C=O) groups excluding carboxylic acids is 1. The van der Waals surface area contributed by atoms with Crippen LogP contribution in [-0.4, -0.2) is 28.0 Å². The van der Waals surface area contributed by atoms with Gasteiger partial charge in [0.05, 0.1) is 5.69 Å². The standard InChI is InChI=1S/C15H20N2O2/c1-4-11-7-12-5-6-13(8-11)17(12)15(18)14-9(2)16-19-10(14)3/h4,12-13H,5-8H2,1-3H3. The predicted molar refractivity (Wildman–Crippen MR) is 71.9 cm³/mol. The van der Waals surface area contributed by atoms with E-state index in [0.717, 1.165) is 25.7 Å². The highest BCUT2D eigenvalue weighted by atomic mass is 16.5. The zero-order chi connectivity index (χ0) is 13.6. The minimum Gasteiger partial charge on any atom is -0.361 e. The third-order valence-corrected chi connectivity index (χ3v) is 4.51. The van der Waals surface area contributed by atoms with Crippen LogP contribution in [0, 0.1) is 13.8 Å². The number of carbonyl (C=O) groups is 1. The number of allylic oxidation sites excluding steroid dienone is 1. The van der Waals surface area contributed by atoms with Gasteiger partial charge in [0.1, 0.15) is 11.3 Å². The molecule has 2 aliphatic heterocycles. The van der Waals surface area contributed by atoms with Gasteiger partial charge in [0.25, 0.3) is 5.91 Å². The van der Waals surface area contributed by atoms with Crippen LogP contribution >= 0.6 is 0 Å². The van der Waals surface area contributed by atoms with E-state index in [2.05, 4.69) is 23.1 Å². The Bertz CT molecular complexity index is 509. The van der Waals surface area contributed by atoms with Crippen LogP contribution in [0.25, 0.3) is 0 Å². The normalized spacial score (nSPS) is 25.8. The molecule has 0 spiro atoms. The lowest BCUT2D eigenvalue weighted by molar-refractivity contribution is 0.0632. The van der Waals surface area contributed by atoms with Gasteiger partial charge in [0.2, 0.25) is 0 Å². The molecule has 2 bridgehead atoms. The fraction of sp³-hybridized carbons (Fsp3) is 0.600. The van der Waals surface area contributed by atoms with Crippen LogP contribution in [0.1, 0.15) is 54.4 Å². The summed E-state index contributed by atoms with van der Waals surface area (Å²) in [6.45, 7) is 5.75. The molecule has 4 nitrogen and oxygen atoms in total. The third kappa shape index (κ3) is 1.90. The number of piperidine rings is 1. The first kappa shape index (κ1) is 12.5. The molecule has 0 aromatic carbocycles. The van der Waals surface area contributed by atoms with Crippen molar-refractivity contribution in [1.82, 2.24) is 10.1 Å². The van der Waals surface area contributed by atoms with E-state index in [4.69, 9.17) is 4.52 Å². The van der Waals surface area contributed by atoms with E-state index in [-0.39, 0.29) is 5.91 Å². The topological polar surface area (TPSA) is 46.3 Å². The van der Waals surface area contributed by atoms with Crippen LogP contribution < -0.4 is 0 Å². The first-order valence-corrected chi connectivity index (χ1v) is 7.01. The fourth-order valence-electron chi connectivity index (χ4n) is 3.54. The SMILES string of the molecule is CC=C1CC2CCC(C1)N2C(=O)c1c(C)noc1C. The molecule has 1 aromatic rings. The second-order valence-electron chi connectivity index (χ2n) is 5.65. The molecule has 3 rings (SSSR count). The second kappa shape index (κ2) is 4.51. The number of hydrogen-bond donors (Lipinski definition) is 0. The van der Waals surface area contributed by atoms with Crippen molar-refractivity contribution < 1.29 is 9.32 Å². The molecule has 2 aliphatic rings. The molecule has 0 N–H and O–H groups in total. The summed E-state index contributed by atoms with van der Waals surface area (Å²) in [5.41, 5.74) is 2.87. The lowest BCUT2D eigenvalue weighted by atomic mass is 9.95. The number of hydrogen-bond acceptors (Lipinski definition) is 3. The summed E-state index contributed by atoms with van der Waals surface area (Å²) in [5, 5.41) is 3.90. The van der Waals surface area contributed by atoms with Crippen molar-refractivity contribution in [3.05, 3.63) is 28.7 Å². The second-order valence-corrected chi connectivity index (χ2v) is 5.65. The van der Waals surface area contributed by atoms with Crippen molar-refractivity contribution in [2.45, 2.75) is 58.5 Å². The summed E-state index contributed by atoms with van der Waals surface area (Å²) in [6.07, 6.45) is 6.52. The Hall–Kier alpha value is -1.58. The summed E-state index contributed by atoms with van der Waals surface area (Å²) in [6, 6.07) is 0.734. The Morgan fingerprint density at radius 2 is 1.95 bits per heavy atom. The van der Waals surface area contributed by atoms with E-state index in [1.807, 2.05) is 13.8 Å². The highest BCUT2D eigenvalue weighted by Crippen LogP contribution is 2.39. The van der Waals surface area contributed by atoms with Gasteiger partial charge in [-0.2, -0.15) is 0 Å². The van der Waals surface area contributed by atoms with E-state index in [1.165, 1.54) is 5.57 Å². The van der Waals surface area contributed by atoms with E-state index in [9.17, 15) is 4.79 Å². The zero-order valence-corrected chi connectivity index (χ0v) is 11.8. The predicted octanol–water partition coefficient (Wildman–Crippen LogP) is 3.00. The van der Waals surface area contributed by atoms with Crippen LogP contribution in [0.5, 0.6) is 0 Å². The van der Waals surface area contributed by atoms with Crippen LogP contribution in [0.3, 0.4) is 0 Å². The molecule has 0 aliphatic carbocycles. The van der Waals surface area contributed by atoms with Crippen LogP contribution in [0.4, 0.5) is 0 Å². The highest BCUT2D eigenvalue weighted by Gasteiger charge is 2.42. The van der Waals surface area contributed by atoms with Crippen molar-refractivity contribution in [2.24, 2.45) is 0 Å². The van der Waals surface area contributed by atoms with Gasteiger partial charge in [-0.1, -0.05) is 16.8 Å². The molecule has 102 valence electrons. The van der Waals surface area contributed by atoms with E-state index < -0.39 is 0 Å². The molecular formula is C15H20N2O2. The van der Waals surface area contributed by atoms with Crippen LogP contribution in [-0.2, 0) is 0 Å². The number of aryl methyl sites for hydroxylation is 2. The Balaban J connectivity index is 1.90. The Labute approximate surface area is 113 Å². The minimum atomic E-state index is 0.110. The summed E-state index contributed by atoms with van der Waals surface area (Å²) in [5.74, 6) is 0.748. The van der Waals surface area contributed by atoms with Crippen molar-refractivity contribution >= 4 is 5.91 Å². The van der Waals surface area contributed by atoms with Gasteiger partial charge >= 0.3 is 0 Å². The van der Waals surface area contributed by atoms with Gasteiger partial charge in [-0.25, -0.2) is 0 Å². The molecule has 2 saturated heterocycles. The van der Waals surface area contributed by atoms with Crippen molar-refractivity contribution in [3.63, 3.8) is 0 Å². The molecule has 1 aromatic heterocycles. The van der Waals surface area contributed by atoms with Crippen molar-refractivity contribution in [1.29, 1.82) is 0 Å². The quantitative estimate of drug-likeness (QED) is 0.729. The van der Waals surface area contributed by atoms with Gasteiger partial charge < -0.3 is 9.42 Å².